The molecule has 0 aliphatic carbocycles. The number of alkyl halides is 5. The molecular weight excluding hydrogens is 526 g/mol. The summed E-state index contributed by atoms with van der Waals surface area (Å²) in [7, 11) is 1.00. The van der Waals surface area contributed by atoms with Crippen LogP contribution >= 0.6 is 11.6 Å². The van der Waals surface area contributed by atoms with E-state index < -0.39 is 30.0 Å². The average Bonchev–Trinajstić information content (AvgIpc) is 3.25. The van der Waals surface area contributed by atoms with Crippen LogP contribution in [0.4, 0.5) is 26.3 Å². The molecule has 0 fully saturated rings. The first-order valence-corrected chi connectivity index (χ1v) is 11.0. The molecule has 0 aliphatic rings. The maximum Gasteiger partial charge on any atom is 0.455 e. The Morgan fingerprint density at radius 3 is 2.35 bits per heavy atom. The number of nitrogens with zero attached hydrogens (tertiary/aromatic N) is 4. The average molecular weight is 549 g/mol. The fourth-order valence-electron chi connectivity index (χ4n) is 3.32. The summed E-state index contributed by atoms with van der Waals surface area (Å²) in [6.07, 6.45) is 0.108. The number of allylic oxidation sites excluding steroid dienone is 5. The van der Waals surface area contributed by atoms with E-state index in [1.807, 2.05) is 0 Å². The van der Waals surface area contributed by atoms with E-state index in [-0.39, 0.29) is 43.4 Å². The lowest BCUT2D eigenvalue weighted by atomic mass is 9.97. The van der Waals surface area contributed by atoms with Crippen LogP contribution < -0.4 is 5.56 Å². The van der Waals surface area contributed by atoms with Gasteiger partial charge < -0.3 is 9.67 Å². The highest BCUT2D eigenvalue weighted by atomic mass is 35.5. The van der Waals surface area contributed by atoms with E-state index in [1.54, 1.807) is 13.8 Å². The minimum Gasteiger partial charge on any atom is -0.400 e. The third-order valence-electron chi connectivity index (χ3n) is 5.06. The van der Waals surface area contributed by atoms with Gasteiger partial charge in [0.15, 0.2) is 5.15 Å². The van der Waals surface area contributed by atoms with Gasteiger partial charge in [0.05, 0.1) is 23.3 Å². The van der Waals surface area contributed by atoms with Gasteiger partial charge in [0, 0.05) is 31.3 Å². The van der Waals surface area contributed by atoms with Gasteiger partial charge in [-0.3, -0.25) is 9.78 Å². The van der Waals surface area contributed by atoms with Crippen LogP contribution in [0.1, 0.15) is 19.5 Å². The van der Waals surface area contributed by atoms with Crippen molar-refractivity contribution in [1.82, 2.24) is 19.3 Å². The van der Waals surface area contributed by atoms with Crippen molar-refractivity contribution < 1.29 is 31.4 Å². The molecule has 0 saturated carbocycles. The first kappa shape index (κ1) is 29.8. The molecule has 0 spiro atoms. The topological polar surface area (TPSA) is 72.9 Å². The summed E-state index contributed by atoms with van der Waals surface area (Å²) < 4.78 is 81.4. The van der Waals surface area contributed by atoms with Crippen molar-refractivity contribution in [2.75, 3.05) is 7.11 Å². The van der Waals surface area contributed by atoms with E-state index in [2.05, 4.69) is 16.7 Å². The highest BCUT2D eigenvalue weighted by Crippen LogP contribution is 2.36. The second-order valence-corrected chi connectivity index (χ2v) is 8.27. The van der Waals surface area contributed by atoms with E-state index >= 15 is 4.39 Å². The van der Waals surface area contributed by atoms with Crippen molar-refractivity contribution in [1.29, 1.82) is 0 Å². The Bertz CT molecular complexity index is 1390. The predicted octanol–water partition coefficient (Wildman–Crippen LogP) is 6.12. The summed E-state index contributed by atoms with van der Waals surface area (Å²) >= 11 is 5.81. The monoisotopic (exact) mass is 548 g/mol. The van der Waals surface area contributed by atoms with Crippen LogP contribution in [0.3, 0.4) is 0 Å². The zero-order chi connectivity index (χ0) is 28.1. The molecule has 3 aromatic heterocycles. The summed E-state index contributed by atoms with van der Waals surface area (Å²) in [5, 5.41) is 11.2. The standard InChI is InChI=1S/C23H19ClF6N4O.CH4O/c1-4-15(34-8-6-19(24)32-34)10-17(25)20(13(2)3)18-9-14-5-7-33(21(35)16(14)11-31-18)12-22(26,27)23(28,29)30;1-2/h4-11,13H,1,12H2,2-3H3;2H,1H3/b15-10+,20-17-;. The van der Waals surface area contributed by atoms with Gasteiger partial charge >= 0.3 is 12.1 Å². The summed E-state index contributed by atoms with van der Waals surface area (Å²) in [5.74, 6) is -6.15. The zero-order valence-electron chi connectivity index (χ0n) is 19.9. The summed E-state index contributed by atoms with van der Waals surface area (Å²) in [4.78, 5) is 16.6. The normalized spacial score (nSPS) is 13.4. The Kier molecular flexibility index (Phi) is 9.50. The molecule has 13 heteroatoms. The maximum atomic E-state index is 15.4. The number of aromatic nitrogens is 4. The van der Waals surface area contributed by atoms with Crippen molar-refractivity contribution in [3.8, 4) is 0 Å². The fourth-order valence-corrected chi connectivity index (χ4v) is 3.46. The second-order valence-electron chi connectivity index (χ2n) is 7.88. The van der Waals surface area contributed by atoms with Crippen LogP contribution in [0, 0.1) is 5.92 Å². The van der Waals surface area contributed by atoms with E-state index in [0.717, 1.165) is 19.5 Å². The molecule has 3 rings (SSSR count). The number of fused-ring (bicyclic) bond motifs is 1. The number of hydrogen-bond donors (Lipinski definition) is 1. The van der Waals surface area contributed by atoms with Gasteiger partial charge in [0.1, 0.15) is 5.83 Å². The first-order valence-electron chi connectivity index (χ1n) is 10.6. The highest BCUT2D eigenvalue weighted by molar-refractivity contribution is 6.29. The predicted molar refractivity (Wildman–Crippen MR) is 130 cm³/mol. The SMILES string of the molecule is C=C/C(=C\C(F)=C(\c1cc2ccn(CC(F)(F)C(F)(F)F)c(=O)c2cn1)C(C)C)n1ccc(Cl)n1.CO. The molecule has 1 N–H and O–H groups in total. The van der Waals surface area contributed by atoms with E-state index in [9.17, 15) is 26.7 Å². The Balaban J connectivity index is 0.00000235. The molecule has 0 aliphatic heterocycles. The minimum absolute atomic E-state index is 0.154. The first-order chi connectivity index (χ1) is 17.2. The van der Waals surface area contributed by atoms with Gasteiger partial charge in [-0.2, -0.15) is 27.1 Å². The summed E-state index contributed by atoms with van der Waals surface area (Å²) in [6, 6.07) is 4.07. The molecule has 0 aromatic carbocycles. The lowest BCUT2D eigenvalue weighted by molar-refractivity contribution is -0.287. The Morgan fingerprint density at radius 1 is 1.19 bits per heavy atom. The lowest BCUT2D eigenvalue weighted by Crippen LogP contribution is -2.42. The smallest absolute Gasteiger partial charge is 0.400 e. The van der Waals surface area contributed by atoms with Crippen LogP contribution in [0.5, 0.6) is 0 Å². The van der Waals surface area contributed by atoms with Crippen molar-refractivity contribution in [2.24, 2.45) is 5.92 Å². The second kappa shape index (κ2) is 11.8. The molecule has 200 valence electrons. The summed E-state index contributed by atoms with van der Waals surface area (Å²) in [5.41, 5.74) is -0.481. The van der Waals surface area contributed by atoms with Gasteiger partial charge in [-0.25, -0.2) is 9.07 Å². The molecule has 0 atom stereocenters. The van der Waals surface area contributed by atoms with E-state index in [4.69, 9.17) is 16.7 Å². The van der Waals surface area contributed by atoms with Gasteiger partial charge in [0.25, 0.3) is 5.56 Å². The van der Waals surface area contributed by atoms with E-state index in [1.165, 1.54) is 41.2 Å². The quantitative estimate of drug-likeness (QED) is 0.285. The van der Waals surface area contributed by atoms with Gasteiger partial charge in [-0.1, -0.05) is 32.0 Å². The largest absolute Gasteiger partial charge is 0.455 e. The van der Waals surface area contributed by atoms with Crippen LogP contribution in [0.15, 0.2) is 66.1 Å². The number of aliphatic hydroxyl groups is 1. The molecule has 0 saturated heterocycles. The summed E-state index contributed by atoms with van der Waals surface area (Å²) in [6.45, 7) is 5.19. The minimum atomic E-state index is -5.81. The van der Waals surface area contributed by atoms with Gasteiger partial charge in [-0.05, 0) is 41.7 Å². The molecule has 0 bridgehead atoms. The molecule has 3 aromatic rings. The molecule has 0 amide bonds. The van der Waals surface area contributed by atoms with Gasteiger partial charge in [0.2, 0.25) is 0 Å². The third kappa shape index (κ3) is 6.69. The van der Waals surface area contributed by atoms with Gasteiger partial charge in [-0.15, -0.1) is 0 Å². The third-order valence-corrected chi connectivity index (χ3v) is 5.26. The molecule has 37 heavy (non-hydrogen) atoms. The number of aliphatic hydroxyl groups excluding tert-OH is 1. The highest BCUT2D eigenvalue weighted by Gasteiger charge is 2.57. The number of rotatable bonds is 7. The van der Waals surface area contributed by atoms with Crippen LogP contribution in [-0.2, 0) is 6.54 Å². The number of hydrogen-bond acceptors (Lipinski definition) is 4. The van der Waals surface area contributed by atoms with Crippen LogP contribution in [0.25, 0.3) is 22.0 Å². The number of halogens is 7. The number of pyridine rings is 2. The molecule has 3 heterocycles. The van der Waals surface area contributed by atoms with Crippen molar-refractivity contribution in [3.63, 3.8) is 0 Å². The Hall–Kier alpha value is -3.38. The van der Waals surface area contributed by atoms with Crippen LogP contribution in [-0.4, -0.2) is 43.6 Å². The lowest BCUT2D eigenvalue weighted by Gasteiger charge is -2.20. The Labute approximate surface area is 212 Å². The Morgan fingerprint density at radius 2 is 1.84 bits per heavy atom. The van der Waals surface area contributed by atoms with Crippen LogP contribution in [0.2, 0.25) is 5.15 Å². The fraction of sp³-hybridized carbons (Fsp3) is 0.292. The molecule has 6 nitrogen and oxygen atoms in total. The van der Waals surface area contributed by atoms with E-state index in [0.29, 0.717) is 0 Å². The molecule has 0 radical (unpaired) electrons. The van der Waals surface area contributed by atoms with Crippen molar-refractivity contribution in [2.45, 2.75) is 32.5 Å². The van der Waals surface area contributed by atoms with Crippen molar-refractivity contribution in [3.05, 3.63) is 82.5 Å². The zero-order valence-corrected chi connectivity index (χ0v) is 20.7. The molecule has 0 unspecified atom stereocenters. The van der Waals surface area contributed by atoms with Crippen molar-refractivity contribution >= 4 is 33.6 Å². The maximum absolute atomic E-state index is 15.4. The molecular formula is C24H23ClF6N4O2.